The number of carbonyl (C=O) groups is 3. The molecule has 0 radical (unpaired) electrons. The van der Waals surface area contributed by atoms with Crippen LogP contribution < -0.4 is 10.6 Å². The molecule has 0 atom stereocenters. The molecule has 1 aliphatic rings. The molecule has 0 aliphatic heterocycles. The van der Waals surface area contributed by atoms with Crippen LogP contribution >= 0.6 is 11.6 Å². The second-order valence-corrected chi connectivity index (χ2v) is 8.78. The highest BCUT2D eigenvalue weighted by atomic mass is 35.5. The topological polar surface area (TPSA) is 95.5 Å². The van der Waals surface area contributed by atoms with Crippen LogP contribution in [0.1, 0.15) is 50.2 Å². The van der Waals surface area contributed by atoms with Crippen molar-refractivity contribution in [3.8, 4) is 0 Å². The first-order valence-corrected chi connectivity index (χ1v) is 11.7. The monoisotopic (exact) mass is 488 g/mol. The van der Waals surface area contributed by atoms with Crippen LogP contribution in [0, 0.1) is 0 Å². The average molecular weight is 489 g/mol. The summed E-state index contributed by atoms with van der Waals surface area (Å²) >= 11 is 6.36. The smallest absolute Gasteiger partial charge is 0.252 e. The van der Waals surface area contributed by atoms with Crippen LogP contribution in [0.5, 0.6) is 0 Å². The van der Waals surface area contributed by atoms with Gasteiger partial charge in [-0.25, -0.2) is 0 Å². The summed E-state index contributed by atoms with van der Waals surface area (Å²) in [5, 5.41) is 15.3. The Bertz CT molecular complexity index is 1260. The first kappa shape index (κ1) is 24.4. The highest BCUT2D eigenvalue weighted by Crippen LogP contribution is 2.28. The standard InChI is InChI=1S/C28H25ClN2O4/c29-25-4-2-1-3-23(25)24(28(35)31-22-13-14-22)15-18-5-11-21(12-6-18)27(34)30-16-19-7-9-20(10-8-19)26(33)17-32/h1-12,15,22,32H,13-14,16-17H2,(H,30,34)(H,31,35)/b24-15+. The largest absolute Gasteiger partial charge is 0.388 e. The lowest BCUT2D eigenvalue weighted by Gasteiger charge is -2.11. The van der Waals surface area contributed by atoms with Crippen molar-refractivity contribution in [1.82, 2.24) is 10.6 Å². The molecular weight excluding hydrogens is 464 g/mol. The first-order valence-electron chi connectivity index (χ1n) is 11.3. The van der Waals surface area contributed by atoms with E-state index in [1.54, 1.807) is 60.7 Å². The van der Waals surface area contributed by atoms with E-state index in [0.29, 0.717) is 33.8 Å². The maximum atomic E-state index is 12.9. The molecule has 1 saturated carbocycles. The highest BCUT2D eigenvalue weighted by molar-refractivity contribution is 6.36. The van der Waals surface area contributed by atoms with E-state index in [0.717, 1.165) is 24.0 Å². The van der Waals surface area contributed by atoms with Crippen molar-refractivity contribution in [2.45, 2.75) is 25.4 Å². The number of halogens is 1. The van der Waals surface area contributed by atoms with E-state index in [1.165, 1.54) is 0 Å². The van der Waals surface area contributed by atoms with Crippen LogP contribution in [0.4, 0.5) is 0 Å². The minimum Gasteiger partial charge on any atom is -0.388 e. The molecule has 3 N–H and O–H groups in total. The SMILES string of the molecule is O=C(NC1CC1)/C(=C/c1ccc(C(=O)NCc2ccc(C(=O)CO)cc2)cc1)c1ccccc1Cl. The van der Waals surface area contributed by atoms with Crippen molar-refractivity contribution in [2.75, 3.05) is 6.61 Å². The normalized spacial score (nSPS) is 13.3. The van der Waals surface area contributed by atoms with Crippen molar-refractivity contribution >= 4 is 40.8 Å². The van der Waals surface area contributed by atoms with E-state index in [-0.39, 0.29) is 23.6 Å². The number of nitrogens with one attached hydrogen (secondary N) is 2. The second kappa shape index (κ2) is 11.1. The van der Waals surface area contributed by atoms with Crippen LogP contribution in [-0.4, -0.2) is 35.4 Å². The fourth-order valence-corrected chi connectivity index (χ4v) is 3.76. The van der Waals surface area contributed by atoms with Gasteiger partial charge in [0.2, 0.25) is 0 Å². The van der Waals surface area contributed by atoms with Crippen molar-refractivity contribution in [3.05, 3.63) is 106 Å². The number of aliphatic hydroxyl groups excluding tert-OH is 1. The summed E-state index contributed by atoms with van der Waals surface area (Å²) in [6.07, 6.45) is 3.74. The van der Waals surface area contributed by atoms with Gasteiger partial charge in [0.05, 0.1) is 0 Å². The van der Waals surface area contributed by atoms with E-state index in [9.17, 15) is 14.4 Å². The first-order chi connectivity index (χ1) is 16.9. The molecule has 3 aromatic carbocycles. The van der Waals surface area contributed by atoms with Crippen LogP contribution in [-0.2, 0) is 11.3 Å². The van der Waals surface area contributed by atoms with Crippen LogP contribution in [0.3, 0.4) is 0 Å². The van der Waals surface area contributed by atoms with E-state index in [2.05, 4.69) is 10.6 Å². The summed E-state index contributed by atoms with van der Waals surface area (Å²) in [6.45, 7) is -0.238. The number of carbonyl (C=O) groups excluding carboxylic acids is 3. The summed E-state index contributed by atoms with van der Waals surface area (Å²) in [6, 6.07) is 21.1. The number of rotatable bonds is 9. The number of ketones is 1. The van der Waals surface area contributed by atoms with Gasteiger partial charge in [-0.2, -0.15) is 0 Å². The van der Waals surface area contributed by atoms with Crippen LogP contribution in [0.15, 0.2) is 72.8 Å². The molecule has 1 aliphatic carbocycles. The van der Waals surface area contributed by atoms with Gasteiger partial charge in [-0.1, -0.05) is 66.2 Å². The molecular formula is C28H25ClN2O4. The molecule has 0 bridgehead atoms. The fourth-order valence-electron chi connectivity index (χ4n) is 3.52. The fraction of sp³-hybridized carbons (Fsp3) is 0.179. The van der Waals surface area contributed by atoms with Gasteiger partial charge >= 0.3 is 0 Å². The summed E-state index contributed by atoms with van der Waals surface area (Å²) in [7, 11) is 0. The third-order valence-electron chi connectivity index (χ3n) is 5.68. The summed E-state index contributed by atoms with van der Waals surface area (Å²) < 4.78 is 0. The molecule has 4 rings (SSSR count). The third kappa shape index (κ3) is 6.44. The minimum absolute atomic E-state index is 0.172. The zero-order valence-electron chi connectivity index (χ0n) is 19.0. The summed E-state index contributed by atoms with van der Waals surface area (Å²) in [5.41, 5.74) is 3.64. The Labute approximate surface area is 208 Å². The maximum Gasteiger partial charge on any atom is 0.252 e. The number of hydrogen-bond acceptors (Lipinski definition) is 4. The molecule has 2 amide bonds. The number of Topliss-reactive ketones (excluding diaryl/α,β-unsaturated/α-hetero) is 1. The summed E-state index contributed by atoms with van der Waals surface area (Å²) in [5.74, 6) is -0.764. The van der Waals surface area contributed by atoms with Gasteiger partial charge in [0.25, 0.3) is 11.8 Å². The Morgan fingerprint density at radius 3 is 2.20 bits per heavy atom. The lowest BCUT2D eigenvalue weighted by Crippen LogP contribution is -2.26. The lowest BCUT2D eigenvalue weighted by molar-refractivity contribution is -0.115. The zero-order chi connectivity index (χ0) is 24.8. The van der Waals surface area contributed by atoms with E-state index in [1.807, 2.05) is 18.2 Å². The van der Waals surface area contributed by atoms with Gasteiger partial charge < -0.3 is 15.7 Å². The molecule has 35 heavy (non-hydrogen) atoms. The van der Waals surface area contributed by atoms with Crippen LogP contribution in [0.2, 0.25) is 5.02 Å². The Balaban J connectivity index is 1.45. The molecule has 0 unspecified atom stereocenters. The quantitative estimate of drug-likeness (QED) is 0.238. The number of amides is 2. The predicted molar refractivity (Wildman–Crippen MR) is 136 cm³/mol. The van der Waals surface area contributed by atoms with Crippen molar-refractivity contribution in [1.29, 1.82) is 0 Å². The Morgan fingerprint density at radius 1 is 0.914 bits per heavy atom. The van der Waals surface area contributed by atoms with Gasteiger partial charge in [0.15, 0.2) is 5.78 Å². The van der Waals surface area contributed by atoms with Crippen molar-refractivity contribution in [3.63, 3.8) is 0 Å². The predicted octanol–water partition coefficient (Wildman–Crippen LogP) is 4.26. The number of hydrogen-bond donors (Lipinski definition) is 3. The van der Waals surface area contributed by atoms with E-state index < -0.39 is 6.61 Å². The third-order valence-corrected chi connectivity index (χ3v) is 6.01. The maximum absolute atomic E-state index is 12.9. The van der Waals surface area contributed by atoms with Gasteiger partial charge in [-0.3, -0.25) is 14.4 Å². The molecule has 0 heterocycles. The van der Waals surface area contributed by atoms with Crippen molar-refractivity contribution in [2.24, 2.45) is 0 Å². The number of aliphatic hydroxyl groups is 1. The molecule has 7 heteroatoms. The molecule has 3 aromatic rings. The van der Waals surface area contributed by atoms with Crippen molar-refractivity contribution < 1.29 is 19.5 Å². The minimum atomic E-state index is -0.535. The molecule has 0 aromatic heterocycles. The molecule has 0 saturated heterocycles. The van der Waals surface area contributed by atoms with E-state index >= 15 is 0 Å². The average Bonchev–Trinajstić information content (AvgIpc) is 3.70. The Morgan fingerprint density at radius 2 is 1.57 bits per heavy atom. The summed E-state index contributed by atoms with van der Waals surface area (Å²) in [4.78, 5) is 37.0. The Kier molecular flexibility index (Phi) is 7.75. The number of benzene rings is 3. The highest BCUT2D eigenvalue weighted by Gasteiger charge is 2.25. The molecule has 6 nitrogen and oxygen atoms in total. The zero-order valence-corrected chi connectivity index (χ0v) is 19.7. The second-order valence-electron chi connectivity index (χ2n) is 8.37. The molecule has 178 valence electrons. The van der Waals surface area contributed by atoms with E-state index in [4.69, 9.17) is 16.7 Å². The van der Waals surface area contributed by atoms with Gasteiger partial charge in [-0.05, 0) is 48.2 Å². The molecule has 1 fully saturated rings. The Hall–Kier alpha value is -3.74. The van der Waals surface area contributed by atoms with Gasteiger partial charge in [-0.15, -0.1) is 0 Å². The molecule has 0 spiro atoms. The van der Waals surface area contributed by atoms with Crippen LogP contribution in [0.25, 0.3) is 11.6 Å². The van der Waals surface area contributed by atoms with Gasteiger partial charge in [0.1, 0.15) is 6.61 Å². The van der Waals surface area contributed by atoms with Gasteiger partial charge in [0, 0.05) is 39.9 Å². The lowest BCUT2D eigenvalue weighted by atomic mass is 10.0.